The number of aliphatic carboxylic acids is 1. The van der Waals surface area contributed by atoms with Gasteiger partial charge in [0, 0.05) is 11.1 Å². The maximum Gasteiger partial charge on any atom is 0.311 e. The molecule has 3 N–H and O–H groups in total. The number of Topliss-reactive ketones (excluding diaryl/α,β-unsaturated/α-hetero) is 1. The van der Waals surface area contributed by atoms with E-state index in [1.54, 1.807) is 60.7 Å². The van der Waals surface area contributed by atoms with Gasteiger partial charge in [-0.05, 0) is 73.7 Å². The third-order valence-corrected chi connectivity index (χ3v) is 7.54. The minimum absolute atomic E-state index is 0.00880. The van der Waals surface area contributed by atoms with Crippen molar-refractivity contribution in [2.24, 2.45) is 11.3 Å². The van der Waals surface area contributed by atoms with E-state index in [2.05, 4.69) is 10.6 Å². The van der Waals surface area contributed by atoms with Crippen molar-refractivity contribution in [3.63, 3.8) is 0 Å². The molecule has 9 heteroatoms. The average molecular weight is 628 g/mol. The predicted molar refractivity (Wildman–Crippen MR) is 174 cm³/mol. The summed E-state index contributed by atoms with van der Waals surface area (Å²) in [7, 11) is 0. The Morgan fingerprint density at radius 1 is 0.907 bits per heavy atom. The summed E-state index contributed by atoms with van der Waals surface area (Å²) in [5, 5.41) is 16.9. The number of carbonyl (C=O) groups is 3. The molecular weight excluding hydrogens is 587 g/mol. The summed E-state index contributed by atoms with van der Waals surface area (Å²) in [6.45, 7) is 13.4. The fourth-order valence-electron chi connectivity index (χ4n) is 4.62. The summed E-state index contributed by atoms with van der Waals surface area (Å²) in [6.07, 6.45) is 0.0866. The highest BCUT2D eigenvalue weighted by molar-refractivity contribution is 6.40. The second kappa shape index (κ2) is 14.3. The minimum Gasteiger partial charge on any atom is -0.489 e. The van der Waals surface area contributed by atoms with Crippen LogP contribution in [0.3, 0.4) is 0 Å². The molecule has 0 aliphatic heterocycles. The van der Waals surface area contributed by atoms with Crippen LogP contribution in [0.2, 0.25) is 10.0 Å². The molecule has 43 heavy (non-hydrogen) atoms. The van der Waals surface area contributed by atoms with Crippen molar-refractivity contribution in [1.29, 1.82) is 0 Å². The molecule has 7 nitrogen and oxygen atoms in total. The number of nitrogens with one attached hydrogen (secondary N) is 2. The molecule has 0 aliphatic rings. The Morgan fingerprint density at radius 3 is 2.02 bits per heavy atom. The molecule has 0 heterocycles. The van der Waals surface area contributed by atoms with Gasteiger partial charge in [0.15, 0.2) is 5.78 Å². The van der Waals surface area contributed by atoms with Gasteiger partial charge in [-0.3, -0.25) is 14.4 Å². The van der Waals surface area contributed by atoms with Gasteiger partial charge in [0.25, 0.3) is 5.91 Å². The Balaban J connectivity index is 1.88. The van der Waals surface area contributed by atoms with Crippen LogP contribution in [0, 0.1) is 11.3 Å². The lowest BCUT2D eigenvalue weighted by Crippen LogP contribution is -2.41. The first-order valence-electron chi connectivity index (χ1n) is 14.3. The van der Waals surface area contributed by atoms with Gasteiger partial charge < -0.3 is 20.5 Å². The second-order valence-corrected chi connectivity index (χ2v) is 13.1. The number of halogens is 2. The van der Waals surface area contributed by atoms with E-state index in [0.29, 0.717) is 22.7 Å². The molecule has 0 aromatic heterocycles. The average Bonchev–Trinajstić information content (AvgIpc) is 2.90. The number of benzene rings is 3. The van der Waals surface area contributed by atoms with Crippen LogP contribution in [0.4, 0.5) is 11.4 Å². The number of anilines is 2. The Kier molecular flexibility index (Phi) is 11.3. The topological polar surface area (TPSA) is 105 Å². The smallest absolute Gasteiger partial charge is 0.311 e. The standard InChI is InChI=1S/C34H40Cl2N2O5/c1-19(2)30(31(39)34(5,6)7)38-27-18-22(13-16-28(27)43-20(3)4)24(33(41)42)17-21-11-14-23(15-12-21)37-32(40)29-25(35)9-8-10-26(29)36/h8-16,18-20,24,30,38H,17H2,1-7H3,(H,37,40)(H,41,42). The molecule has 3 aromatic rings. The third-order valence-electron chi connectivity index (χ3n) is 6.91. The van der Waals surface area contributed by atoms with Crippen LogP contribution in [0.15, 0.2) is 60.7 Å². The molecule has 0 spiro atoms. The summed E-state index contributed by atoms with van der Waals surface area (Å²) in [6, 6.07) is 16.6. The van der Waals surface area contributed by atoms with Crippen molar-refractivity contribution < 1.29 is 24.2 Å². The number of amides is 1. The number of hydrogen-bond acceptors (Lipinski definition) is 5. The van der Waals surface area contributed by atoms with Crippen molar-refractivity contribution in [1.82, 2.24) is 0 Å². The molecular formula is C34H40Cl2N2O5. The van der Waals surface area contributed by atoms with Gasteiger partial charge >= 0.3 is 5.97 Å². The van der Waals surface area contributed by atoms with Crippen molar-refractivity contribution in [2.75, 3.05) is 10.6 Å². The van der Waals surface area contributed by atoms with Gasteiger partial charge in [-0.25, -0.2) is 0 Å². The summed E-state index contributed by atoms with van der Waals surface area (Å²) < 4.78 is 6.02. The highest BCUT2D eigenvalue weighted by Crippen LogP contribution is 2.34. The lowest BCUT2D eigenvalue weighted by Gasteiger charge is -2.30. The molecule has 1 amide bonds. The zero-order chi connectivity index (χ0) is 32.1. The monoisotopic (exact) mass is 626 g/mol. The van der Waals surface area contributed by atoms with Gasteiger partial charge in [-0.15, -0.1) is 0 Å². The number of ether oxygens (including phenoxy) is 1. The number of hydrogen-bond donors (Lipinski definition) is 3. The number of rotatable bonds is 12. The van der Waals surface area contributed by atoms with Gasteiger partial charge in [0.2, 0.25) is 0 Å². The van der Waals surface area contributed by atoms with Crippen molar-refractivity contribution in [2.45, 2.75) is 73.0 Å². The van der Waals surface area contributed by atoms with E-state index in [-0.39, 0.29) is 39.8 Å². The van der Waals surface area contributed by atoms with Crippen molar-refractivity contribution in [3.05, 3.63) is 87.4 Å². The van der Waals surface area contributed by atoms with Gasteiger partial charge in [-0.2, -0.15) is 0 Å². The first-order valence-corrected chi connectivity index (χ1v) is 15.0. The van der Waals surface area contributed by atoms with Crippen LogP contribution in [0.5, 0.6) is 5.75 Å². The molecule has 0 fully saturated rings. The summed E-state index contributed by atoms with van der Waals surface area (Å²) in [4.78, 5) is 38.5. The fraction of sp³-hybridized carbons (Fsp3) is 0.382. The summed E-state index contributed by atoms with van der Waals surface area (Å²) in [5.41, 5.74) is 2.04. The zero-order valence-electron chi connectivity index (χ0n) is 25.6. The van der Waals surface area contributed by atoms with Crippen LogP contribution in [-0.2, 0) is 16.0 Å². The molecule has 0 saturated carbocycles. The molecule has 230 valence electrons. The Morgan fingerprint density at radius 2 is 1.51 bits per heavy atom. The van der Waals surface area contributed by atoms with E-state index in [0.717, 1.165) is 5.56 Å². The summed E-state index contributed by atoms with van der Waals surface area (Å²) >= 11 is 12.3. The lowest BCUT2D eigenvalue weighted by atomic mass is 9.82. The maximum absolute atomic E-state index is 13.3. The fourth-order valence-corrected chi connectivity index (χ4v) is 5.19. The van der Waals surface area contributed by atoms with Crippen LogP contribution >= 0.6 is 23.2 Å². The first kappa shape index (κ1) is 33.9. The second-order valence-electron chi connectivity index (χ2n) is 12.2. The number of carboxylic acids is 1. The van der Waals surface area contributed by atoms with Crippen LogP contribution in [0.1, 0.15) is 75.9 Å². The Labute approximate surface area is 263 Å². The van der Waals surface area contributed by atoms with E-state index >= 15 is 0 Å². The summed E-state index contributed by atoms with van der Waals surface area (Å²) in [5.74, 6) is -1.70. The van der Waals surface area contributed by atoms with Gasteiger partial charge in [-0.1, -0.05) is 82.1 Å². The van der Waals surface area contributed by atoms with E-state index in [1.807, 2.05) is 48.5 Å². The Bertz CT molecular complexity index is 1440. The molecule has 0 radical (unpaired) electrons. The molecule has 0 saturated heterocycles. The highest BCUT2D eigenvalue weighted by Gasteiger charge is 2.32. The third kappa shape index (κ3) is 8.97. The Hall–Kier alpha value is -3.55. The lowest BCUT2D eigenvalue weighted by molar-refractivity contribution is -0.138. The van der Waals surface area contributed by atoms with E-state index in [1.165, 1.54) is 0 Å². The molecule has 0 bridgehead atoms. The van der Waals surface area contributed by atoms with Crippen molar-refractivity contribution in [3.8, 4) is 5.75 Å². The van der Waals surface area contributed by atoms with Crippen LogP contribution < -0.4 is 15.4 Å². The zero-order valence-corrected chi connectivity index (χ0v) is 27.1. The molecule has 0 aliphatic carbocycles. The normalized spacial score (nSPS) is 13.0. The van der Waals surface area contributed by atoms with E-state index in [4.69, 9.17) is 27.9 Å². The number of carboxylic acid groups (broad SMARTS) is 1. The molecule has 3 aromatic carbocycles. The van der Waals surface area contributed by atoms with Crippen LogP contribution in [-0.4, -0.2) is 34.9 Å². The minimum atomic E-state index is -0.986. The molecule has 2 atom stereocenters. The van der Waals surface area contributed by atoms with E-state index in [9.17, 15) is 19.5 Å². The SMILES string of the molecule is CC(C)Oc1ccc(C(Cc2ccc(NC(=O)c3c(Cl)cccc3Cl)cc2)C(=O)O)cc1NC(C(=O)C(C)(C)C)C(C)C. The number of ketones is 1. The quantitative estimate of drug-likeness (QED) is 0.186. The van der Waals surface area contributed by atoms with Crippen molar-refractivity contribution >= 4 is 52.2 Å². The van der Waals surface area contributed by atoms with Gasteiger partial charge in [0.1, 0.15) is 5.75 Å². The highest BCUT2D eigenvalue weighted by atomic mass is 35.5. The predicted octanol–water partition coefficient (Wildman–Crippen LogP) is 8.50. The maximum atomic E-state index is 13.3. The largest absolute Gasteiger partial charge is 0.489 e. The molecule has 2 unspecified atom stereocenters. The van der Waals surface area contributed by atoms with Gasteiger partial charge in [0.05, 0.1) is 39.4 Å². The first-order chi connectivity index (χ1) is 20.1. The van der Waals surface area contributed by atoms with E-state index < -0.39 is 29.3 Å². The van der Waals surface area contributed by atoms with Crippen LogP contribution in [0.25, 0.3) is 0 Å². The number of carbonyl (C=O) groups excluding carboxylic acids is 2. The molecule has 3 rings (SSSR count).